The van der Waals surface area contributed by atoms with Crippen LogP contribution in [0.25, 0.3) is 0 Å². The number of nitrogens with one attached hydrogen (secondary N) is 1. The van der Waals surface area contributed by atoms with Crippen molar-refractivity contribution < 1.29 is 14.3 Å². The Morgan fingerprint density at radius 3 is 2.31 bits per heavy atom. The van der Waals surface area contributed by atoms with Crippen LogP contribution in [0.4, 0.5) is 0 Å². The van der Waals surface area contributed by atoms with E-state index in [0.717, 1.165) is 15.6 Å². The summed E-state index contributed by atoms with van der Waals surface area (Å²) in [6.45, 7) is 5.82. The first-order valence-electron chi connectivity index (χ1n) is 9.52. The van der Waals surface area contributed by atoms with E-state index in [0.29, 0.717) is 17.3 Å². The predicted molar refractivity (Wildman–Crippen MR) is 124 cm³/mol. The molecule has 0 aromatic heterocycles. The van der Waals surface area contributed by atoms with Gasteiger partial charge in [0.1, 0.15) is 11.8 Å². The van der Waals surface area contributed by atoms with Crippen molar-refractivity contribution >= 4 is 46.0 Å². The smallest absolute Gasteiger partial charge is 0.261 e. The maximum Gasteiger partial charge on any atom is 0.261 e. The van der Waals surface area contributed by atoms with Gasteiger partial charge in [0.25, 0.3) is 5.91 Å². The highest BCUT2D eigenvalue weighted by Gasteiger charge is 2.27. The predicted octanol–water partition coefficient (Wildman–Crippen LogP) is 4.66. The molecule has 0 aliphatic heterocycles. The van der Waals surface area contributed by atoms with Gasteiger partial charge in [-0.05, 0) is 84.8 Å². The standard InChI is InChI=1S/C22H26ClIN2O3/c1-4-15(2)25-22(28)16(3)26(13-17-5-7-18(23)8-6-17)21(27)14-29-20-11-9-19(24)10-12-20/h5-12,15-16H,4,13-14H2,1-3H3,(H,25,28)/t15-,16-/m1/s1. The molecule has 0 radical (unpaired) electrons. The van der Waals surface area contributed by atoms with E-state index in [-0.39, 0.29) is 24.5 Å². The fraction of sp³-hybridized carbons (Fsp3) is 0.364. The Morgan fingerprint density at radius 1 is 1.10 bits per heavy atom. The number of ether oxygens (including phenoxy) is 1. The molecule has 2 aromatic rings. The van der Waals surface area contributed by atoms with Crippen LogP contribution in [-0.4, -0.2) is 35.4 Å². The fourth-order valence-electron chi connectivity index (χ4n) is 2.59. The molecule has 2 amide bonds. The van der Waals surface area contributed by atoms with Crippen molar-refractivity contribution in [3.8, 4) is 5.75 Å². The number of benzene rings is 2. The van der Waals surface area contributed by atoms with Gasteiger partial charge in [-0.3, -0.25) is 9.59 Å². The number of amides is 2. The lowest BCUT2D eigenvalue weighted by Gasteiger charge is -2.29. The van der Waals surface area contributed by atoms with Crippen molar-refractivity contribution in [2.24, 2.45) is 0 Å². The Morgan fingerprint density at radius 2 is 1.72 bits per heavy atom. The minimum absolute atomic E-state index is 0.0421. The summed E-state index contributed by atoms with van der Waals surface area (Å²) in [5.41, 5.74) is 0.889. The van der Waals surface area contributed by atoms with E-state index >= 15 is 0 Å². The van der Waals surface area contributed by atoms with E-state index in [2.05, 4.69) is 27.9 Å². The number of hydrogen-bond donors (Lipinski definition) is 1. The van der Waals surface area contributed by atoms with Crippen LogP contribution >= 0.6 is 34.2 Å². The van der Waals surface area contributed by atoms with Gasteiger partial charge in [0.05, 0.1) is 0 Å². The maximum absolute atomic E-state index is 12.9. The van der Waals surface area contributed by atoms with Crippen LogP contribution in [-0.2, 0) is 16.1 Å². The van der Waals surface area contributed by atoms with Gasteiger partial charge in [-0.25, -0.2) is 0 Å². The first-order chi connectivity index (χ1) is 13.8. The van der Waals surface area contributed by atoms with Crippen LogP contribution in [0.1, 0.15) is 32.8 Å². The Kier molecular flexibility index (Phi) is 9.23. The normalized spacial score (nSPS) is 12.7. The Labute approximate surface area is 190 Å². The molecule has 2 aromatic carbocycles. The van der Waals surface area contributed by atoms with Crippen molar-refractivity contribution in [2.75, 3.05) is 6.61 Å². The molecule has 7 heteroatoms. The summed E-state index contributed by atoms with van der Waals surface area (Å²) >= 11 is 8.17. The zero-order chi connectivity index (χ0) is 21.4. The summed E-state index contributed by atoms with van der Waals surface area (Å²) in [5.74, 6) is 0.170. The fourth-order valence-corrected chi connectivity index (χ4v) is 3.08. The molecule has 0 heterocycles. The summed E-state index contributed by atoms with van der Waals surface area (Å²) in [7, 11) is 0. The Balaban J connectivity index is 2.13. The number of nitrogens with zero attached hydrogens (tertiary/aromatic N) is 1. The number of carbonyl (C=O) groups excluding carboxylic acids is 2. The van der Waals surface area contributed by atoms with E-state index in [1.807, 2.05) is 50.2 Å². The van der Waals surface area contributed by atoms with Crippen LogP contribution in [0, 0.1) is 3.57 Å². The van der Waals surface area contributed by atoms with Crippen LogP contribution < -0.4 is 10.1 Å². The summed E-state index contributed by atoms with van der Waals surface area (Å²) in [6.07, 6.45) is 0.819. The Hall–Kier alpha value is -1.80. The first kappa shape index (κ1) is 23.5. The SMILES string of the molecule is CC[C@@H](C)NC(=O)[C@@H](C)N(Cc1ccc(Cl)cc1)C(=O)COc1ccc(I)cc1. The highest BCUT2D eigenvalue weighted by atomic mass is 127. The Bertz CT molecular complexity index is 812. The van der Waals surface area contributed by atoms with E-state index in [9.17, 15) is 9.59 Å². The van der Waals surface area contributed by atoms with Gasteiger partial charge < -0.3 is 15.0 Å². The monoisotopic (exact) mass is 528 g/mol. The topological polar surface area (TPSA) is 58.6 Å². The number of carbonyl (C=O) groups is 2. The third kappa shape index (κ3) is 7.51. The quantitative estimate of drug-likeness (QED) is 0.482. The van der Waals surface area contributed by atoms with E-state index in [1.165, 1.54) is 4.90 Å². The molecular formula is C22H26ClIN2O3. The third-order valence-electron chi connectivity index (χ3n) is 4.61. The lowest BCUT2D eigenvalue weighted by atomic mass is 10.1. The van der Waals surface area contributed by atoms with Crippen LogP contribution in [0.3, 0.4) is 0 Å². The summed E-state index contributed by atoms with van der Waals surface area (Å²) < 4.78 is 6.73. The molecule has 2 atom stereocenters. The zero-order valence-corrected chi connectivity index (χ0v) is 19.7. The molecule has 5 nitrogen and oxygen atoms in total. The zero-order valence-electron chi connectivity index (χ0n) is 16.8. The molecule has 0 aliphatic rings. The van der Waals surface area contributed by atoms with Crippen molar-refractivity contribution in [1.29, 1.82) is 0 Å². The molecule has 29 heavy (non-hydrogen) atoms. The van der Waals surface area contributed by atoms with Crippen LogP contribution in [0.2, 0.25) is 5.02 Å². The van der Waals surface area contributed by atoms with Crippen molar-refractivity contribution in [1.82, 2.24) is 10.2 Å². The number of hydrogen-bond acceptors (Lipinski definition) is 3. The second-order valence-electron chi connectivity index (χ2n) is 6.88. The van der Waals surface area contributed by atoms with Gasteiger partial charge in [-0.15, -0.1) is 0 Å². The van der Waals surface area contributed by atoms with Gasteiger partial charge in [-0.2, -0.15) is 0 Å². The second kappa shape index (κ2) is 11.4. The molecule has 156 valence electrons. The lowest BCUT2D eigenvalue weighted by molar-refractivity contribution is -0.142. The molecule has 0 saturated heterocycles. The average molecular weight is 529 g/mol. The average Bonchev–Trinajstić information content (AvgIpc) is 2.72. The number of halogens is 2. The van der Waals surface area contributed by atoms with Crippen molar-refractivity contribution in [2.45, 2.75) is 45.8 Å². The van der Waals surface area contributed by atoms with Gasteiger partial charge in [0.2, 0.25) is 5.91 Å². The molecular weight excluding hydrogens is 503 g/mol. The van der Waals surface area contributed by atoms with Gasteiger partial charge in [0.15, 0.2) is 6.61 Å². The van der Waals surface area contributed by atoms with Crippen molar-refractivity contribution in [3.63, 3.8) is 0 Å². The van der Waals surface area contributed by atoms with E-state index < -0.39 is 6.04 Å². The summed E-state index contributed by atoms with van der Waals surface area (Å²) in [4.78, 5) is 27.1. The van der Waals surface area contributed by atoms with E-state index in [1.54, 1.807) is 19.1 Å². The summed E-state index contributed by atoms with van der Waals surface area (Å²) in [5, 5.41) is 3.57. The maximum atomic E-state index is 12.9. The van der Waals surface area contributed by atoms with Crippen molar-refractivity contribution in [3.05, 3.63) is 62.7 Å². The van der Waals surface area contributed by atoms with Gasteiger partial charge >= 0.3 is 0 Å². The minimum Gasteiger partial charge on any atom is -0.484 e. The van der Waals surface area contributed by atoms with Gasteiger partial charge in [0, 0.05) is 21.2 Å². The first-order valence-corrected chi connectivity index (χ1v) is 11.0. The van der Waals surface area contributed by atoms with E-state index in [4.69, 9.17) is 16.3 Å². The van der Waals surface area contributed by atoms with Crippen LogP contribution in [0.15, 0.2) is 48.5 Å². The second-order valence-corrected chi connectivity index (χ2v) is 8.57. The highest BCUT2D eigenvalue weighted by molar-refractivity contribution is 14.1. The number of rotatable bonds is 9. The molecule has 0 bridgehead atoms. The molecule has 2 rings (SSSR count). The minimum atomic E-state index is -0.632. The molecule has 0 unspecified atom stereocenters. The highest BCUT2D eigenvalue weighted by Crippen LogP contribution is 2.16. The van der Waals surface area contributed by atoms with Crippen LogP contribution in [0.5, 0.6) is 5.75 Å². The molecule has 0 spiro atoms. The molecule has 1 N–H and O–H groups in total. The molecule has 0 saturated carbocycles. The summed E-state index contributed by atoms with van der Waals surface area (Å²) in [6, 6.07) is 14.1. The molecule has 0 fully saturated rings. The third-order valence-corrected chi connectivity index (χ3v) is 5.58. The van der Waals surface area contributed by atoms with Gasteiger partial charge in [-0.1, -0.05) is 30.7 Å². The molecule has 0 aliphatic carbocycles. The lowest BCUT2D eigenvalue weighted by Crippen LogP contribution is -2.50. The largest absolute Gasteiger partial charge is 0.484 e.